The Morgan fingerprint density at radius 1 is 1.27 bits per heavy atom. The Labute approximate surface area is 96.5 Å². The maximum Gasteiger partial charge on any atom is 0.168 e. The topological polar surface area (TPSA) is 6.48 Å². The molecule has 0 spiro atoms. The van der Waals surface area contributed by atoms with Crippen LogP contribution in [0, 0.1) is 0 Å². The predicted molar refractivity (Wildman–Crippen MR) is 66.3 cm³/mol. The van der Waals surface area contributed by atoms with Crippen LogP contribution >= 0.6 is 18.8 Å². The molecule has 2 aliphatic rings. The number of benzene rings is 1. The van der Waals surface area contributed by atoms with Crippen molar-refractivity contribution >= 4 is 24.5 Å². The van der Waals surface area contributed by atoms with Gasteiger partial charge >= 0.3 is 0 Å². The summed E-state index contributed by atoms with van der Waals surface area (Å²) in [5.41, 5.74) is 1.27. The molecule has 0 radical (unpaired) electrons. The minimum Gasteiger partial charge on any atom is -0.324 e. The molecule has 0 amide bonds. The zero-order valence-electron chi connectivity index (χ0n) is 8.51. The van der Waals surface area contributed by atoms with E-state index in [1.165, 1.54) is 25.1 Å². The monoisotopic (exact) mass is 240 g/mol. The number of para-hydroxylation sites is 1. The fraction of sp³-hybridized carbons (Fsp3) is 0.455. The maximum atomic E-state index is 6.53. The molecular weight excluding hydrogens is 227 g/mol. The molecule has 0 aliphatic carbocycles. The van der Waals surface area contributed by atoms with Gasteiger partial charge in [-0.2, -0.15) is 0 Å². The Balaban J connectivity index is 1.85. The van der Waals surface area contributed by atoms with Crippen molar-refractivity contribution in [2.45, 2.75) is 18.9 Å². The van der Waals surface area contributed by atoms with Crippen molar-refractivity contribution in [3.05, 3.63) is 30.3 Å². The number of hydrogen-bond acceptors (Lipinski definition) is 2. The van der Waals surface area contributed by atoms with Crippen LogP contribution in [0.25, 0.3) is 0 Å². The Bertz CT molecular complexity index is 346. The highest BCUT2D eigenvalue weighted by Gasteiger charge is 2.41. The molecule has 2 fully saturated rings. The average Bonchev–Trinajstić information content (AvgIpc) is 2.83. The van der Waals surface area contributed by atoms with E-state index >= 15 is 0 Å². The summed E-state index contributed by atoms with van der Waals surface area (Å²) in [4.78, 5) is 0. The Morgan fingerprint density at radius 3 is 2.80 bits per heavy atom. The van der Waals surface area contributed by atoms with E-state index in [2.05, 4.69) is 39.7 Å². The number of nitrogens with zero attached hydrogens (tertiary/aromatic N) is 2. The minimum atomic E-state index is -0.606. The van der Waals surface area contributed by atoms with Crippen LogP contribution in [0.1, 0.15) is 12.8 Å². The van der Waals surface area contributed by atoms with Gasteiger partial charge in [0.2, 0.25) is 0 Å². The van der Waals surface area contributed by atoms with Gasteiger partial charge in [0.05, 0.1) is 0 Å². The van der Waals surface area contributed by atoms with Gasteiger partial charge in [-0.15, -0.1) is 0 Å². The van der Waals surface area contributed by atoms with Gasteiger partial charge in [-0.05, 0) is 25.0 Å². The molecule has 4 heteroatoms. The van der Waals surface area contributed by atoms with Crippen molar-refractivity contribution in [2.75, 3.05) is 17.8 Å². The van der Waals surface area contributed by atoms with Gasteiger partial charge in [0, 0.05) is 24.8 Å². The van der Waals surface area contributed by atoms with Gasteiger partial charge in [-0.1, -0.05) is 29.4 Å². The lowest BCUT2D eigenvalue weighted by Gasteiger charge is -2.24. The lowest BCUT2D eigenvalue weighted by molar-refractivity contribution is 0.469. The van der Waals surface area contributed by atoms with Crippen LogP contribution in [0.3, 0.4) is 0 Å². The summed E-state index contributed by atoms with van der Waals surface area (Å²) in [7, 11) is -0.606. The van der Waals surface area contributed by atoms with Crippen molar-refractivity contribution in [1.29, 1.82) is 0 Å². The largest absolute Gasteiger partial charge is 0.324 e. The Kier molecular flexibility index (Phi) is 2.59. The van der Waals surface area contributed by atoms with Crippen LogP contribution in [0.5, 0.6) is 0 Å². The SMILES string of the molecule is Cl[P@@]1N(c2ccccc2)C[C@@H]2CCCN21. The van der Waals surface area contributed by atoms with Crippen LogP contribution < -0.4 is 4.67 Å². The number of rotatable bonds is 1. The van der Waals surface area contributed by atoms with E-state index < -0.39 is 7.58 Å². The lowest BCUT2D eigenvalue weighted by atomic mass is 10.2. The van der Waals surface area contributed by atoms with Crippen LogP contribution in [-0.2, 0) is 0 Å². The highest BCUT2D eigenvalue weighted by Crippen LogP contribution is 2.59. The Morgan fingerprint density at radius 2 is 2.07 bits per heavy atom. The molecule has 2 nitrogen and oxygen atoms in total. The van der Waals surface area contributed by atoms with Gasteiger partial charge in [0.25, 0.3) is 0 Å². The first-order valence-electron chi connectivity index (χ1n) is 5.41. The van der Waals surface area contributed by atoms with Crippen molar-refractivity contribution < 1.29 is 0 Å². The lowest BCUT2D eigenvalue weighted by Crippen LogP contribution is -2.20. The van der Waals surface area contributed by atoms with Gasteiger partial charge < -0.3 is 4.67 Å². The molecule has 2 aliphatic heterocycles. The van der Waals surface area contributed by atoms with Gasteiger partial charge in [0.1, 0.15) is 0 Å². The van der Waals surface area contributed by atoms with Crippen LogP contribution in [0.2, 0.25) is 0 Å². The van der Waals surface area contributed by atoms with Crippen molar-refractivity contribution in [1.82, 2.24) is 4.67 Å². The van der Waals surface area contributed by atoms with E-state index in [1.54, 1.807) is 0 Å². The van der Waals surface area contributed by atoms with E-state index in [0.717, 1.165) is 6.54 Å². The number of hydrogen-bond donors (Lipinski definition) is 0. The van der Waals surface area contributed by atoms with Crippen molar-refractivity contribution in [2.24, 2.45) is 0 Å². The number of halogens is 1. The highest BCUT2D eigenvalue weighted by molar-refractivity contribution is 7.83. The van der Waals surface area contributed by atoms with Crippen LogP contribution in [0.15, 0.2) is 30.3 Å². The fourth-order valence-electron chi connectivity index (χ4n) is 2.43. The molecule has 1 aromatic rings. The summed E-state index contributed by atoms with van der Waals surface area (Å²) in [5, 5.41) is 0. The zero-order valence-corrected chi connectivity index (χ0v) is 10.2. The minimum absolute atomic E-state index is 0.606. The Hall–Kier alpha value is -0.300. The molecule has 1 aromatic carbocycles. The molecule has 0 unspecified atom stereocenters. The normalized spacial score (nSPS) is 30.9. The molecule has 0 bridgehead atoms. The molecule has 15 heavy (non-hydrogen) atoms. The van der Waals surface area contributed by atoms with Gasteiger partial charge in [0.15, 0.2) is 7.58 Å². The van der Waals surface area contributed by atoms with E-state index in [4.69, 9.17) is 11.2 Å². The first kappa shape index (κ1) is 9.89. The van der Waals surface area contributed by atoms with E-state index in [9.17, 15) is 0 Å². The predicted octanol–water partition coefficient (Wildman–Crippen LogP) is 3.44. The fourth-order valence-corrected chi connectivity index (χ4v) is 5.16. The third kappa shape index (κ3) is 1.65. The molecule has 0 saturated carbocycles. The quantitative estimate of drug-likeness (QED) is 0.694. The first-order valence-corrected chi connectivity index (χ1v) is 7.56. The molecule has 3 rings (SSSR count). The van der Waals surface area contributed by atoms with Gasteiger partial charge in [-0.3, -0.25) is 0 Å². The molecule has 80 valence electrons. The second kappa shape index (κ2) is 3.93. The van der Waals surface area contributed by atoms with Gasteiger partial charge in [-0.25, -0.2) is 4.67 Å². The third-order valence-electron chi connectivity index (χ3n) is 3.20. The van der Waals surface area contributed by atoms with Crippen molar-refractivity contribution in [3.63, 3.8) is 0 Å². The van der Waals surface area contributed by atoms with Crippen LogP contribution in [-0.4, -0.2) is 23.8 Å². The van der Waals surface area contributed by atoms with E-state index in [1.807, 2.05) is 0 Å². The second-order valence-corrected chi connectivity index (χ2v) is 6.50. The van der Waals surface area contributed by atoms with Crippen LogP contribution in [0.4, 0.5) is 5.69 Å². The molecule has 2 atom stereocenters. The summed E-state index contributed by atoms with van der Waals surface area (Å²) in [5.74, 6) is 0. The molecule has 2 heterocycles. The summed E-state index contributed by atoms with van der Waals surface area (Å²) >= 11 is 6.53. The zero-order chi connectivity index (χ0) is 10.3. The average molecular weight is 241 g/mol. The summed E-state index contributed by atoms with van der Waals surface area (Å²) in [6, 6.07) is 11.2. The standard InChI is InChI=1S/C11H14ClN2P/c12-15-13-8-4-7-11(13)9-14(15)10-5-2-1-3-6-10/h1-3,5-6,11H,4,7-9H2/t11-,15+/m0/s1. The summed E-state index contributed by atoms with van der Waals surface area (Å²) < 4.78 is 4.84. The smallest absolute Gasteiger partial charge is 0.168 e. The second-order valence-electron chi connectivity index (χ2n) is 4.12. The molecule has 2 saturated heterocycles. The number of anilines is 1. The van der Waals surface area contributed by atoms with E-state index in [-0.39, 0.29) is 0 Å². The van der Waals surface area contributed by atoms with Crippen molar-refractivity contribution in [3.8, 4) is 0 Å². The molecular formula is C11H14ClN2P. The molecule has 0 N–H and O–H groups in total. The highest BCUT2D eigenvalue weighted by atomic mass is 35.7. The third-order valence-corrected chi connectivity index (χ3v) is 6.07. The van der Waals surface area contributed by atoms with E-state index in [0.29, 0.717) is 6.04 Å². The summed E-state index contributed by atoms with van der Waals surface area (Å²) in [6.07, 6.45) is 2.63. The maximum absolute atomic E-state index is 6.53. The molecule has 0 aromatic heterocycles. The number of fused-ring (bicyclic) bond motifs is 1. The first-order chi connectivity index (χ1) is 7.36. The summed E-state index contributed by atoms with van der Waals surface area (Å²) in [6.45, 7) is 2.29.